The zero-order valence-corrected chi connectivity index (χ0v) is 14.8. The smallest absolute Gasteiger partial charge is 0.339 e. The number of rotatable bonds is 4. The number of thiophene rings is 1. The van der Waals surface area contributed by atoms with Crippen LogP contribution in [0.1, 0.15) is 33.6 Å². The molecule has 0 fully saturated rings. The lowest BCUT2D eigenvalue weighted by Crippen LogP contribution is -2.21. The van der Waals surface area contributed by atoms with Gasteiger partial charge in [-0.3, -0.25) is 4.79 Å². The van der Waals surface area contributed by atoms with E-state index in [9.17, 15) is 9.59 Å². The maximum Gasteiger partial charge on any atom is 0.339 e. The molecule has 1 aliphatic carbocycles. The largest absolute Gasteiger partial charge is 0.452 e. The number of halogens is 1. The lowest BCUT2D eigenvalue weighted by Gasteiger charge is -2.12. The Labute approximate surface area is 147 Å². The first-order valence-electron chi connectivity index (χ1n) is 7.46. The molecule has 0 atom stereocenters. The first kappa shape index (κ1) is 16.2. The summed E-state index contributed by atoms with van der Waals surface area (Å²) in [5.41, 5.74) is 2.39. The lowest BCUT2D eigenvalue weighted by atomic mass is 9.96. The zero-order valence-electron chi connectivity index (χ0n) is 12.4. The van der Waals surface area contributed by atoms with Gasteiger partial charge in [0.05, 0.1) is 11.3 Å². The fraction of sp³-hybridized carbons (Fsp3) is 0.294. The van der Waals surface area contributed by atoms with Crippen LogP contribution < -0.4 is 5.32 Å². The van der Waals surface area contributed by atoms with Gasteiger partial charge < -0.3 is 10.1 Å². The molecule has 0 bridgehead atoms. The molecule has 0 saturated carbocycles. The van der Waals surface area contributed by atoms with E-state index in [4.69, 9.17) is 4.74 Å². The molecule has 0 saturated heterocycles. The van der Waals surface area contributed by atoms with Crippen LogP contribution in [-0.4, -0.2) is 18.5 Å². The Morgan fingerprint density at radius 3 is 2.83 bits per heavy atom. The quantitative estimate of drug-likeness (QED) is 0.792. The van der Waals surface area contributed by atoms with Gasteiger partial charge in [0.2, 0.25) is 0 Å². The van der Waals surface area contributed by atoms with Crippen molar-refractivity contribution in [3.05, 3.63) is 50.1 Å². The number of esters is 1. The molecular weight excluding hydrogens is 378 g/mol. The molecule has 1 aromatic carbocycles. The molecule has 1 aliphatic rings. The Morgan fingerprint density at radius 2 is 2.00 bits per heavy atom. The van der Waals surface area contributed by atoms with Crippen molar-refractivity contribution in [3.63, 3.8) is 0 Å². The fourth-order valence-electron chi connectivity index (χ4n) is 2.62. The molecule has 0 radical (unpaired) electrons. The van der Waals surface area contributed by atoms with E-state index in [1.165, 1.54) is 11.3 Å². The average Bonchev–Trinajstić information content (AvgIpc) is 2.99. The molecule has 1 heterocycles. The minimum Gasteiger partial charge on any atom is -0.452 e. The Hall–Kier alpha value is -1.66. The van der Waals surface area contributed by atoms with Crippen molar-refractivity contribution >= 4 is 44.8 Å². The summed E-state index contributed by atoms with van der Waals surface area (Å²) in [6.07, 6.45) is 4.24. The Kier molecular flexibility index (Phi) is 5.13. The van der Waals surface area contributed by atoms with E-state index in [-0.39, 0.29) is 12.5 Å². The standard InChI is InChI=1S/C17H16BrNO3S/c18-13-6-2-3-7-14(13)19-16(20)9-22-17(21)12-10-23-15-8-4-1-5-11(12)15/h2-3,6-7,10H,1,4-5,8-9H2,(H,19,20). The second kappa shape index (κ2) is 7.27. The second-order valence-corrected chi connectivity index (χ2v) is 7.18. The van der Waals surface area contributed by atoms with Crippen molar-refractivity contribution in [2.75, 3.05) is 11.9 Å². The summed E-state index contributed by atoms with van der Waals surface area (Å²) in [4.78, 5) is 25.4. The number of aryl methyl sites for hydroxylation is 1. The first-order valence-corrected chi connectivity index (χ1v) is 9.13. The van der Waals surface area contributed by atoms with E-state index in [0.29, 0.717) is 11.3 Å². The number of fused-ring (bicyclic) bond motifs is 1. The van der Waals surface area contributed by atoms with Gasteiger partial charge in [0, 0.05) is 14.7 Å². The molecule has 23 heavy (non-hydrogen) atoms. The number of hydrogen-bond donors (Lipinski definition) is 1. The number of hydrogen-bond acceptors (Lipinski definition) is 4. The molecule has 1 amide bonds. The Bertz CT molecular complexity index is 741. The molecule has 6 heteroatoms. The highest BCUT2D eigenvalue weighted by Gasteiger charge is 2.21. The fourth-order valence-corrected chi connectivity index (χ4v) is 4.12. The predicted molar refractivity (Wildman–Crippen MR) is 94.0 cm³/mol. The van der Waals surface area contributed by atoms with Crippen molar-refractivity contribution in [2.45, 2.75) is 25.7 Å². The molecule has 1 aromatic heterocycles. The topological polar surface area (TPSA) is 55.4 Å². The van der Waals surface area contributed by atoms with Crippen LogP contribution in [0, 0.1) is 0 Å². The molecule has 0 aliphatic heterocycles. The van der Waals surface area contributed by atoms with Crippen LogP contribution in [0.3, 0.4) is 0 Å². The van der Waals surface area contributed by atoms with Crippen LogP contribution in [0.2, 0.25) is 0 Å². The zero-order chi connectivity index (χ0) is 16.2. The number of carbonyl (C=O) groups excluding carboxylic acids is 2. The van der Waals surface area contributed by atoms with E-state index in [1.54, 1.807) is 17.4 Å². The van der Waals surface area contributed by atoms with E-state index in [1.807, 2.05) is 23.6 Å². The molecule has 0 spiro atoms. The Balaban J connectivity index is 1.58. The molecule has 2 aromatic rings. The number of amides is 1. The number of anilines is 1. The van der Waals surface area contributed by atoms with E-state index < -0.39 is 5.97 Å². The maximum absolute atomic E-state index is 12.2. The molecule has 4 nitrogen and oxygen atoms in total. The monoisotopic (exact) mass is 393 g/mol. The van der Waals surface area contributed by atoms with Crippen molar-refractivity contribution < 1.29 is 14.3 Å². The molecule has 120 valence electrons. The number of nitrogens with one attached hydrogen (secondary N) is 1. The summed E-state index contributed by atoms with van der Waals surface area (Å²) in [6.45, 7) is -0.287. The minimum atomic E-state index is -0.410. The van der Waals surface area contributed by atoms with Crippen LogP contribution in [-0.2, 0) is 22.4 Å². The predicted octanol–water partition coefficient (Wildman–Crippen LogP) is 4.18. The van der Waals surface area contributed by atoms with Gasteiger partial charge in [-0.15, -0.1) is 11.3 Å². The normalized spacial score (nSPS) is 13.3. The van der Waals surface area contributed by atoms with Crippen LogP contribution in [0.4, 0.5) is 5.69 Å². The maximum atomic E-state index is 12.2. The van der Waals surface area contributed by atoms with Gasteiger partial charge in [0.1, 0.15) is 0 Å². The Morgan fingerprint density at radius 1 is 1.22 bits per heavy atom. The summed E-state index contributed by atoms with van der Waals surface area (Å²) in [5, 5.41) is 4.56. The number of benzene rings is 1. The van der Waals surface area contributed by atoms with Gasteiger partial charge in [0.15, 0.2) is 6.61 Å². The van der Waals surface area contributed by atoms with Crippen molar-refractivity contribution in [3.8, 4) is 0 Å². The molecular formula is C17H16BrNO3S. The third-order valence-electron chi connectivity index (χ3n) is 3.76. The number of ether oxygens (including phenoxy) is 1. The summed E-state index contributed by atoms with van der Waals surface area (Å²) in [7, 11) is 0. The van der Waals surface area contributed by atoms with Crippen molar-refractivity contribution in [1.82, 2.24) is 0 Å². The van der Waals surface area contributed by atoms with Crippen LogP contribution in [0.15, 0.2) is 34.1 Å². The van der Waals surface area contributed by atoms with Gasteiger partial charge in [-0.1, -0.05) is 12.1 Å². The molecule has 0 unspecified atom stereocenters. The van der Waals surface area contributed by atoms with Crippen molar-refractivity contribution in [1.29, 1.82) is 0 Å². The number of para-hydroxylation sites is 1. The summed E-state index contributed by atoms with van der Waals surface area (Å²) in [6, 6.07) is 7.29. The van der Waals surface area contributed by atoms with E-state index in [0.717, 1.165) is 29.3 Å². The van der Waals surface area contributed by atoms with Gasteiger partial charge >= 0.3 is 5.97 Å². The third-order valence-corrected chi connectivity index (χ3v) is 5.54. The highest BCUT2D eigenvalue weighted by atomic mass is 79.9. The van der Waals surface area contributed by atoms with Crippen molar-refractivity contribution in [2.24, 2.45) is 0 Å². The second-order valence-electron chi connectivity index (χ2n) is 5.36. The van der Waals surface area contributed by atoms with Crippen LogP contribution in [0.25, 0.3) is 0 Å². The van der Waals surface area contributed by atoms with Crippen LogP contribution >= 0.6 is 27.3 Å². The first-order chi connectivity index (χ1) is 11.1. The summed E-state index contributed by atoms with van der Waals surface area (Å²) in [5.74, 6) is -0.763. The highest BCUT2D eigenvalue weighted by Crippen LogP contribution is 2.30. The summed E-state index contributed by atoms with van der Waals surface area (Å²) >= 11 is 4.97. The van der Waals surface area contributed by atoms with Crippen LogP contribution in [0.5, 0.6) is 0 Å². The highest BCUT2D eigenvalue weighted by molar-refractivity contribution is 9.10. The number of carbonyl (C=O) groups is 2. The van der Waals surface area contributed by atoms with Gasteiger partial charge in [-0.05, 0) is 59.3 Å². The average molecular weight is 394 g/mol. The van der Waals surface area contributed by atoms with Gasteiger partial charge in [0.25, 0.3) is 5.91 Å². The molecule has 3 rings (SSSR count). The summed E-state index contributed by atoms with van der Waals surface area (Å²) < 4.78 is 5.95. The SMILES string of the molecule is O=C(COC(=O)c1csc2c1CCCC2)Nc1ccccc1Br. The lowest BCUT2D eigenvalue weighted by molar-refractivity contribution is -0.119. The third kappa shape index (κ3) is 3.82. The van der Waals surface area contributed by atoms with E-state index >= 15 is 0 Å². The molecule has 1 N–H and O–H groups in total. The van der Waals surface area contributed by atoms with Gasteiger partial charge in [-0.25, -0.2) is 4.79 Å². The van der Waals surface area contributed by atoms with E-state index in [2.05, 4.69) is 21.2 Å². The minimum absolute atomic E-state index is 0.287. The van der Waals surface area contributed by atoms with Gasteiger partial charge in [-0.2, -0.15) is 0 Å².